The molecule has 3 heterocycles. The highest BCUT2D eigenvalue weighted by molar-refractivity contribution is 6.33. The van der Waals surface area contributed by atoms with Crippen LogP contribution < -0.4 is 4.90 Å². The lowest BCUT2D eigenvalue weighted by Crippen LogP contribution is -2.56. The van der Waals surface area contributed by atoms with Crippen LogP contribution in [0.5, 0.6) is 0 Å². The second-order valence-corrected chi connectivity index (χ2v) is 9.03. The normalized spacial score (nSPS) is 26.1. The maximum Gasteiger partial charge on any atom is 0.332 e. The molecule has 7 nitrogen and oxygen atoms in total. The molecule has 2 unspecified atom stereocenters. The summed E-state index contributed by atoms with van der Waals surface area (Å²) >= 11 is 6.24. The van der Waals surface area contributed by atoms with Crippen LogP contribution in [0.3, 0.4) is 0 Å². The molecule has 3 fully saturated rings. The maximum atomic E-state index is 13.2. The average molecular weight is 401 g/mol. The van der Waals surface area contributed by atoms with E-state index in [9.17, 15) is 14.4 Å². The Morgan fingerprint density at radius 1 is 1.29 bits per heavy atom. The molecule has 4 amide bonds. The fourth-order valence-corrected chi connectivity index (χ4v) is 4.75. The number of imide groups is 1. The summed E-state index contributed by atoms with van der Waals surface area (Å²) in [6.07, 6.45) is 0.630. The van der Waals surface area contributed by atoms with Crippen molar-refractivity contribution in [2.45, 2.75) is 52.2 Å². The van der Waals surface area contributed by atoms with Crippen LogP contribution in [-0.4, -0.2) is 52.3 Å². The Labute approximate surface area is 168 Å². The number of nitriles is 1. The van der Waals surface area contributed by atoms with Crippen molar-refractivity contribution in [2.75, 3.05) is 11.4 Å². The number of hydrogen-bond donors (Lipinski definition) is 0. The summed E-state index contributed by atoms with van der Waals surface area (Å²) < 4.78 is 0. The molecule has 0 aromatic heterocycles. The van der Waals surface area contributed by atoms with E-state index in [1.165, 1.54) is 6.07 Å². The van der Waals surface area contributed by atoms with Gasteiger partial charge in [0.25, 0.3) is 5.91 Å². The molecule has 0 N–H and O–H groups in total. The van der Waals surface area contributed by atoms with Gasteiger partial charge in [-0.05, 0) is 31.0 Å². The number of carbonyl (C=O) groups excluding carboxylic acids is 3. The van der Waals surface area contributed by atoms with Gasteiger partial charge in [-0.15, -0.1) is 0 Å². The SMILES string of the molecule is Cc1c(N2C(=O)C3C4C[C@H](CN4C(=O)C(C)(C)C)N3C2=O)ccc(C#N)c1Cl. The van der Waals surface area contributed by atoms with Crippen molar-refractivity contribution in [1.82, 2.24) is 9.80 Å². The first kappa shape index (κ1) is 18.8. The van der Waals surface area contributed by atoms with Gasteiger partial charge >= 0.3 is 6.03 Å². The lowest BCUT2D eigenvalue weighted by Gasteiger charge is -2.37. The standard InChI is InChI=1S/C20H21ClN4O3/c1-10-13(6-5-11(8-22)15(10)21)25-17(26)16-14-7-12(24(16)19(25)28)9-23(14)18(27)20(2,3)4/h5-6,12,14,16H,7,9H2,1-4H3/t12-,14?,16?/m1/s1. The Kier molecular flexibility index (Phi) is 3.99. The number of likely N-dealkylation sites (tertiary alicyclic amines) is 1. The molecule has 146 valence electrons. The van der Waals surface area contributed by atoms with Crippen LogP contribution in [0.1, 0.15) is 38.3 Å². The van der Waals surface area contributed by atoms with Crippen LogP contribution in [0.15, 0.2) is 12.1 Å². The molecule has 0 aliphatic carbocycles. The number of piperazine rings is 1. The van der Waals surface area contributed by atoms with Gasteiger partial charge in [0.2, 0.25) is 5.91 Å². The van der Waals surface area contributed by atoms with Crippen LogP contribution in [0.4, 0.5) is 10.5 Å². The lowest BCUT2D eigenvalue weighted by atomic mass is 9.93. The topological polar surface area (TPSA) is 84.7 Å². The summed E-state index contributed by atoms with van der Waals surface area (Å²) in [6.45, 7) is 7.71. The third-order valence-corrected chi connectivity index (χ3v) is 6.37. The second kappa shape index (κ2) is 5.95. The maximum absolute atomic E-state index is 13.2. The van der Waals surface area contributed by atoms with Gasteiger partial charge < -0.3 is 9.80 Å². The Bertz CT molecular complexity index is 961. The molecule has 1 aromatic rings. The van der Waals surface area contributed by atoms with Gasteiger partial charge in [-0.1, -0.05) is 32.4 Å². The van der Waals surface area contributed by atoms with Gasteiger partial charge in [0.1, 0.15) is 12.1 Å². The summed E-state index contributed by atoms with van der Waals surface area (Å²) in [6, 6.07) is 3.60. The largest absolute Gasteiger partial charge is 0.334 e. The minimum Gasteiger partial charge on any atom is -0.334 e. The van der Waals surface area contributed by atoms with Crippen LogP contribution >= 0.6 is 11.6 Å². The first-order chi connectivity index (χ1) is 13.1. The molecule has 3 aliphatic rings. The second-order valence-electron chi connectivity index (χ2n) is 8.66. The number of benzene rings is 1. The van der Waals surface area contributed by atoms with E-state index in [0.717, 1.165) is 4.90 Å². The van der Waals surface area contributed by atoms with Crippen molar-refractivity contribution >= 4 is 35.1 Å². The Balaban J connectivity index is 1.70. The van der Waals surface area contributed by atoms with Gasteiger partial charge in [0.05, 0.1) is 28.4 Å². The zero-order valence-electron chi connectivity index (χ0n) is 16.2. The number of carbonyl (C=O) groups is 3. The Hall–Kier alpha value is -2.59. The third-order valence-electron chi connectivity index (χ3n) is 5.89. The van der Waals surface area contributed by atoms with Gasteiger partial charge in [-0.25, -0.2) is 9.69 Å². The van der Waals surface area contributed by atoms with Crippen molar-refractivity contribution in [1.29, 1.82) is 5.26 Å². The van der Waals surface area contributed by atoms with E-state index in [1.807, 2.05) is 26.8 Å². The van der Waals surface area contributed by atoms with Crippen LogP contribution in [-0.2, 0) is 9.59 Å². The number of halogens is 1. The van der Waals surface area contributed by atoms with E-state index >= 15 is 0 Å². The highest BCUT2D eigenvalue weighted by atomic mass is 35.5. The molecule has 3 atom stereocenters. The highest BCUT2D eigenvalue weighted by Crippen LogP contribution is 2.44. The summed E-state index contributed by atoms with van der Waals surface area (Å²) in [5, 5.41) is 9.37. The number of urea groups is 1. The molecular weight excluding hydrogens is 380 g/mol. The van der Waals surface area contributed by atoms with Crippen molar-refractivity contribution in [3.63, 3.8) is 0 Å². The van der Waals surface area contributed by atoms with E-state index in [1.54, 1.807) is 22.8 Å². The molecule has 2 bridgehead atoms. The van der Waals surface area contributed by atoms with Gasteiger partial charge in [0, 0.05) is 12.0 Å². The van der Waals surface area contributed by atoms with E-state index in [2.05, 4.69) is 0 Å². The zero-order chi connectivity index (χ0) is 20.5. The zero-order valence-corrected chi connectivity index (χ0v) is 16.9. The Morgan fingerprint density at radius 3 is 2.57 bits per heavy atom. The van der Waals surface area contributed by atoms with E-state index in [-0.39, 0.29) is 35.0 Å². The van der Waals surface area contributed by atoms with Crippen molar-refractivity contribution in [3.05, 3.63) is 28.3 Å². The summed E-state index contributed by atoms with van der Waals surface area (Å²) in [5.74, 6) is -0.344. The molecule has 0 saturated carbocycles. The quantitative estimate of drug-likeness (QED) is 0.678. The highest BCUT2D eigenvalue weighted by Gasteiger charge is 2.63. The third kappa shape index (κ3) is 2.37. The molecule has 4 rings (SSSR count). The number of anilines is 1. The summed E-state index contributed by atoms with van der Waals surface area (Å²) in [5.41, 5.74) is 0.655. The van der Waals surface area contributed by atoms with Crippen molar-refractivity contribution in [2.24, 2.45) is 5.41 Å². The first-order valence-corrected chi connectivity index (χ1v) is 9.62. The number of rotatable bonds is 1. The Morgan fingerprint density at radius 2 is 1.96 bits per heavy atom. The van der Waals surface area contributed by atoms with Crippen LogP contribution in [0, 0.1) is 23.7 Å². The monoisotopic (exact) mass is 400 g/mol. The molecule has 1 aromatic carbocycles. The van der Waals surface area contributed by atoms with Crippen molar-refractivity contribution in [3.8, 4) is 6.07 Å². The molecule has 3 aliphatic heterocycles. The van der Waals surface area contributed by atoms with Gasteiger partial charge in [-0.2, -0.15) is 5.26 Å². The predicted octanol–water partition coefficient (Wildman–Crippen LogP) is 2.69. The predicted molar refractivity (Wildman–Crippen MR) is 103 cm³/mol. The van der Waals surface area contributed by atoms with Crippen LogP contribution in [0.25, 0.3) is 0 Å². The molecule has 0 spiro atoms. The minimum atomic E-state index is -0.661. The van der Waals surface area contributed by atoms with Crippen molar-refractivity contribution < 1.29 is 14.4 Å². The average Bonchev–Trinajstić information content (AvgIpc) is 3.28. The van der Waals surface area contributed by atoms with E-state index in [4.69, 9.17) is 16.9 Å². The van der Waals surface area contributed by atoms with E-state index in [0.29, 0.717) is 29.8 Å². The number of nitrogens with zero attached hydrogens (tertiary/aromatic N) is 4. The molecule has 3 saturated heterocycles. The lowest BCUT2D eigenvalue weighted by molar-refractivity contribution is -0.143. The smallest absolute Gasteiger partial charge is 0.332 e. The number of amides is 4. The van der Waals surface area contributed by atoms with Crippen LogP contribution in [0.2, 0.25) is 5.02 Å². The van der Waals surface area contributed by atoms with Gasteiger partial charge in [0.15, 0.2) is 0 Å². The molecule has 8 heteroatoms. The minimum absolute atomic E-state index is 0.00375. The number of hydrogen-bond acceptors (Lipinski definition) is 4. The molecule has 0 radical (unpaired) electrons. The molecule has 28 heavy (non-hydrogen) atoms. The van der Waals surface area contributed by atoms with Gasteiger partial charge in [-0.3, -0.25) is 9.59 Å². The summed E-state index contributed by atoms with van der Waals surface area (Å²) in [4.78, 5) is 43.7. The summed E-state index contributed by atoms with van der Waals surface area (Å²) in [7, 11) is 0. The number of fused-ring (bicyclic) bond motifs is 5. The fraction of sp³-hybridized carbons (Fsp3) is 0.500. The fourth-order valence-electron chi connectivity index (χ4n) is 4.55. The molecular formula is C20H21ClN4O3. The van der Waals surface area contributed by atoms with E-state index < -0.39 is 11.5 Å². The first-order valence-electron chi connectivity index (χ1n) is 9.24.